The molecule has 2 aromatic carbocycles. The van der Waals surface area contributed by atoms with Crippen molar-refractivity contribution in [3.05, 3.63) is 59.4 Å². The highest BCUT2D eigenvalue weighted by atomic mass is 32.2. The molecule has 1 fully saturated rings. The smallest absolute Gasteiger partial charge is 0.246 e. The molecule has 11 heteroatoms. The number of likely N-dealkylation sites (N-methyl/N-ethyl adjacent to an activating group) is 1. The normalized spacial score (nSPS) is 15.6. The van der Waals surface area contributed by atoms with E-state index in [1.807, 2.05) is 0 Å². The van der Waals surface area contributed by atoms with E-state index in [0.717, 1.165) is 11.0 Å². The van der Waals surface area contributed by atoms with Gasteiger partial charge in [0.25, 0.3) is 0 Å². The van der Waals surface area contributed by atoms with Crippen molar-refractivity contribution in [1.29, 1.82) is 0 Å². The number of morpholine rings is 1. The largest absolute Gasteiger partial charge is 0.495 e. The number of hydrogen-bond acceptors (Lipinski definition) is 6. The summed E-state index contributed by atoms with van der Waals surface area (Å²) in [5, 5.41) is 0. The first-order chi connectivity index (χ1) is 15.6. The van der Waals surface area contributed by atoms with Gasteiger partial charge in [0.1, 0.15) is 22.5 Å². The van der Waals surface area contributed by atoms with Gasteiger partial charge in [0, 0.05) is 20.1 Å². The molecular formula is C22H26FN3O6S. The number of sulfonamides is 1. The Bertz CT molecular complexity index is 1130. The summed E-state index contributed by atoms with van der Waals surface area (Å²) in [7, 11) is -1.12. The SMILES string of the molecule is COc1ccc(CC(=O)N(C)[C@H](C(N)=O)c2cccc(F)c2)cc1S(=O)(=O)N1CCOCC1. The number of benzene rings is 2. The Balaban J connectivity index is 1.87. The van der Waals surface area contributed by atoms with Crippen molar-refractivity contribution in [2.75, 3.05) is 40.5 Å². The van der Waals surface area contributed by atoms with E-state index in [1.165, 1.54) is 48.8 Å². The van der Waals surface area contributed by atoms with E-state index >= 15 is 0 Å². The molecule has 0 aromatic heterocycles. The number of nitrogens with zero attached hydrogens (tertiary/aromatic N) is 2. The Morgan fingerprint density at radius 2 is 1.91 bits per heavy atom. The van der Waals surface area contributed by atoms with E-state index in [0.29, 0.717) is 18.8 Å². The van der Waals surface area contributed by atoms with E-state index in [4.69, 9.17) is 15.2 Å². The van der Waals surface area contributed by atoms with Crippen molar-refractivity contribution < 1.29 is 31.9 Å². The predicted octanol–water partition coefficient (Wildman–Crippen LogP) is 1.08. The Kier molecular flexibility index (Phi) is 7.67. The van der Waals surface area contributed by atoms with Crippen molar-refractivity contribution >= 4 is 21.8 Å². The van der Waals surface area contributed by atoms with Gasteiger partial charge in [0.2, 0.25) is 21.8 Å². The van der Waals surface area contributed by atoms with Crippen LogP contribution < -0.4 is 10.5 Å². The van der Waals surface area contributed by atoms with Gasteiger partial charge in [-0.15, -0.1) is 0 Å². The van der Waals surface area contributed by atoms with Gasteiger partial charge in [-0.1, -0.05) is 18.2 Å². The molecule has 1 saturated heterocycles. The summed E-state index contributed by atoms with van der Waals surface area (Å²) < 4.78 is 51.7. The van der Waals surface area contributed by atoms with Crippen molar-refractivity contribution in [2.45, 2.75) is 17.4 Å². The molecule has 9 nitrogen and oxygen atoms in total. The zero-order valence-corrected chi connectivity index (χ0v) is 19.2. The summed E-state index contributed by atoms with van der Waals surface area (Å²) in [5.74, 6) is -1.72. The summed E-state index contributed by atoms with van der Waals surface area (Å²) in [4.78, 5) is 26.1. The van der Waals surface area contributed by atoms with Crippen LogP contribution in [-0.4, -0.2) is 69.9 Å². The van der Waals surface area contributed by atoms with E-state index < -0.39 is 33.7 Å². The third kappa shape index (κ3) is 5.49. The number of methoxy groups -OCH3 is 1. The fourth-order valence-electron chi connectivity index (χ4n) is 3.66. The number of primary amides is 1. The minimum absolute atomic E-state index is 0.0589. The molecule has 1 heterocycles. The van der Waals surface area contributed by atoms with Crippen molar-refractivity contribution in [1.82, 2.24) is 9.21 Å². The molecule has 3 rings (SSSR count). The Morgan fingerprint density at radius 1 is 1.21 bits per heavy atom. The van der Waals surface area contributed by atoms with Crippen molar-refractivity contribution in [3.63, 3.8) is 0 Å². The van der Waals surface area contributed by atoms with Gasteiger partial charge in [-0.3, -0.25) is 9.59 Å². The average Bonchev–Trinajstić information content (AvgIpc) is 2.79. The molecule has 2 N–H and O–H groups in total. The van der Waals surface area contributed by atoms with Crippen LogP contribution in [-0.2, 0) is 30.8 Å². The molecule has 0 aliphatic carbocycles. The lowest BCUT2D eigenvalue weighted by Gasteiger charge is -2.27. The molecule has 178 valence electrons. The summed E-state index contributed by atoms with van der Waals surface area (Å²) >= 11 is 0. The van der Waals surface area contributed by atoms with Gasteiger partial charge in [0.05, 0.1) is 26.7 Å². The minimum atomic E-state index is -3.87. The van der Waals surface area contributed by atoms with Gasteiger partial charge in [0.15, 0.2) is 0 Å². The third-order valence-corrected chi connectivity index (χ3v) is 7.31. The lowest BCUT2D eigenvalue weighted by molar-refractivity contribution is -0.137. The van der Waals surface area contributed by atoms with Gasteiger partial charge in [-0.2, -0.15) is 4.31 Å². The maximum absolute atomic E-state index is 13.6. The lowest BCUT2D eigenvalue weighted by Crippen LogP contribution is -2.41. The molecule has 2 amide bonds. The van der Waals surface area contributed by atoms with E-state index in [-0.39, 0.29) is 35.7 Å². The highest BCUT2D eigenvalue weighted by molar-refractivity contribution is 7.89. The zero-order chi connectivity index (χ0) is 24.2. The molecule has 0 radical (unpaired) electrons. The van der Waals surface area contributed by atoms with Crippen LogP contribution in [0.3, 0.4) is 0 Å². The molecule has 0 saturated carbocycles. The Morgan fingerprint density at radius 3 is 2.52 bits per heavy atom. The van der Waals surface area contributed by atoms with Gasteiger partial charge >= 0.3 is 0 Å². The minimum Gasteiger partial charge on any atom is -0.495 e. The number of halogens is 1. The molecule has 1 aliphatic heterocycles. The monoisotopic (exact) mass is 479 g/mol. The molecule has 0 bridgehead atoms. The standard InChI is InChI=1S/C22H26FN3O6S/c1-25(21(22(24)28)16-4-3-5-17(23)14-16)20(27)13-15-6-7-18(31-2)19(12-15)33(29,30)26-8-10-32-11-9-26/h3-7,12,14,21H,8-11,13H2,1-2H3,(H2,24,28)/t21-/m0/s1. The maximum atomic E-state index is 13.6. The molecule has 1 aliphatic rings. The second kappa shape index (κ2) is 10.3. The maximum Gasteiger partial charge on any atom is 0.246 e. The van der Waals surface area contributed by atoms with Crippen molar-refractivity contribution in [2.24, 2.45) is 5.73 Å². The van der Waals surface area contributed by atoms with E-state index in [1.54, 1.807) is 6.07 Å². The van der Waals surface area contributed by atoms with Crippen LogP contribution in [0.2, 0.25) is 0 Å². The molecular weight excluding hydrogens is 453 g/mol. The zero-order valence-electron chi connectivity index (χ0n) is 18.4. The van der Waals surface area contributed by atoms with Crippen LogP contribution in [0.1, 0.15) is 17.2 Å². The summed E-state index contributed by atoms with van der Waals surface area (Å²) in [6.45, 7) is 1.01. The fraction of sp³-hybridized carbons (Fsp3) is 0.364. The van der Waals surface area contributed by atoms with Crippen LogP contribution in [0.15, 0.2) is 47.4 Å². The number of rotatable bonds is 8. The summed E-state index contributed by atoms with van der Waals surface area (Å²) in [6.07, 6.45) is -0.203. The molecule has 2 aromatic rings. The van der Waals surface area contributed by atoms with Gasteiger partial charge in [-0.05, 0) is 35.4 Å². The molecule has 1 atom stereocenters. The van der Waals surface area contributed by atoms with Crippen LogP contribution in [0.5, 0.6) is 5.75 Å². The van der Waals surface area contributed by atoms with E-state index in [2.05, 4.69) is 0 Å². The number of ether oxygens (including phenoxy) is 2. The van der Waals surface area contributed by atoms with Crippen LogP contribution in [0, 0.1) is 5.82 Å². The Hall–Kier alpha value is -3.02. The quantitative estimate of drug-likeness (QED) is 0.605. The number of amides is 2. The fourth-order valence-corrected chi connectivity index (χ4v) is 5.27. The first kappa shape index (κ1) is 24.6. The number of carbonyl (C=O) groups excluding carboxylic acids is 2. The van der Waals surface area contributed by atoms with E-state index in [9.17, 15) is 22.4 Å². The summed E-state index contributed by atoms with van der Waals surface area (Å²) in [6, 6.07) is 8.54. The molecule has 0 unspecified atom stereocenters. The van der Waals surface area contributed by atoms with Gasteiger partial charge < -0.3 is 20.1 Å². The second-order valence-electron chi connectivity index (χ2n) is 7.54. The number of hydrogen-bond donors (Lipinski definition) is 1. The van der Waals surface area contributed by atoms with Crippen LogP contribution in [0.25, 0.3) is 0 Å². The lowest BCUT2D eigenvalue weighted by atomic mass is 10.0. The van der Waals surface area contributed by atoms with Crippen LogP contribution in [0.4, 0.5) is 4.39 Å². The first-order valence-electron chi connectivity index (χ1n) is 10.2. The number of nitrogens with two attached hydrogens (primary N) is 1. The Labute approximate surface area is 191 Å². The topological polar surface area (TPSA) is 119 Å². The third-order valence-electron chi connectivity index (χ3n) is 5.39. The summed E-state index contributed by atoms with van der Waals surface area (Å²) in [5.41, 5.74) is 6.13. The second-order valence-corrected chi connectivity index (χ2v) is 9.45. The van der Waals surface area contributed by atoms with Gasteiger partial charge in [-0.25, -0.2) is 12.8 Å². The highest BCUT2D eigenvalue weighted by Gasteiger charge is 2.31. The van der Waals surface area contributed by atoms with Crippen molar-refractivity contribution in [3.8, 4) is 5.75 Å². The first-order valence-corrected chi connectivity index (χ1v) is 11.6. The van der Waals surface area contributed by atoms with Crippen LogP contribution >= 0.6 is 0 Å². The highest BCUT2D eigenvalue weighted by Crippen LogP contribution is 2.29. The molecule has 0 spiro atoms. The average molecular weight is 480 g/mol. The predicted molar refractivity (Wildman–Crippen MR) is 117 cm³/mol. The molecule has 33 heavy (non-hydrogen) atoms. The number of carbonyl (C=O) groups is 2.